The minimum Gasteiger partial charge on any atom is -0.258 e. The second kappa shape index (κ2) is 5.92. The summed E-state index contributed by atoms with van der Waals surface area (Å²) in [4.78, 5) is 18.7. The van der Waals surface area contributed by atoms with Gasteiger partial charge in [-0.3, -0.25) is 10.1 Å². The van der Waals surface area contributed by atoms with Crippen LogP contribution >= 0.6 is 0 Å². The van der Waals surface area contributed by atoms with Gasteiger partial charge in [-0.25, -0.2) is 9.97 Å². The number of nitrogens with zero attached hydrogens (tertiary/aromatic N) is 4. The summed E-state index contributed by atoms with van der Waals surface area (Å²) >= 11 is 0. The van der Waals surface area contributed by atoms with Gasteiger partial charge in [0.1, 0.15) is 6.07 Å². The molecule has 0 saturated carbocycles. The van der Waals surface area contributed by atoms with E-state index in [0.29, 0.717) is 16.6 Å². The predicted molar refractivity (Wildman–Crippen MR) is 83.3 cm³/mol. The smallest absolute Gasteiger partial charge is 0.258 e. The maximum absolute atomic E-state index is 10.6. The third kappa shape index (κ3) is 2.97. The number of benzene rings is 2. The highest BCUT2D eigenvalue weighted by Gasteiger charge is 2.06. The van der Waals surface area contributed by atoms with Crippen molar-refractivity contribution >= 4 is 16.7 Å². The van der Waals surface area contributed by atoms with Crippen LogP contribution in [0.25, 0.3) is 11.0 Å². The van der Waals surface area contributed by atoms with Gasteiger partial charge in [0.2, 0.25) is 0 Å². The molecule has 0 radical (unpaired) electrons. The van der Waals surface area contributed by atoms with E-state index >= 15 is 0 Å². The lowest BCUT2D eigenvalue weighted by atomic mass is 10.2. The van der Waals surface area contributed by atoms with Gasteiger partial charge < -0.3 is 0 Å². The number of hydrogen-bond donors (Lipinski definition) is 0. The molecule has 0 spiro atoms. The van der Waals surface area contributed by atoms with Crippen molar-refractivity contribution in [1.29, 1.82) is 5.26 Å². The molecule has 0 fully saturated rings. The van der Waals surface area contributed by atoms with Crippen LogP contribution < -0.4 is 0 Å². The first-order chi connectivity index (χ1) is 11.2. The Morgan fingerprint density at radius 2 is 1.52 bits per heavy atom. The SMILES string of the molecule is N#Cc1nc2ccccc2nc1C#Cc1ccc([N+](=O)[O-])cc1. The Morgan fingerprint density at radius 1 is 0.913 bits per heavy atom. The molecule has 1 aromatic heterocycles. The molecule has 0 aliphatic heterocycles. The maximum atomic E-state index is 10.6. The summed E-state index contributed by atoms with van der Waals surface area (Å²) in [5.41, 5.74) is 2.31. The van der Waals surface area contributed by atoms with Crippen molar-refractivity contribution < 1.29 is 4.92 Å². The average molecular weight is 300 g/mol. The second-order valence-corrected chi connectivity index (χ2v) is 4.58. The maximum Gasteiger partial charge on any atom is 0.269 e. The van der Waals surface area contributed by atoms with Crippen molar-refractivity contribution in [2.45, 2.75) is 0 Å². The van der Waals surface area contributed by atoms with Crippen molar-refractivity contribution in [3.05, 3.63) is 75.6 Å². The number of para-hydroxylation sites is 2. The molecule has 6 nitrogen and oxygen atoms in total. The Hall–Kier alpha value is -3.77. The second-order valence-electron chi connectivity index (χ2n) is 4.58. The van der Waals surface area contributed by atoms with E-state index in [2.05, 4.69) is 21.8 Å². The number of hydrogen-bond acceptors (Lipinski definition) is 5. The highest BCUT2D eigenvalue weighted by atomic mass is 16.6. The molecular formula is C17H8N4O2. The van der Waals surface area contributed by atoms with Crippen LogP contribution in [-0.4, -0.2) is 14.9 Å². The van der Waals surface area contributed by atoms with Crippen molar-refractivity contribution in [2.24, 2.45) is 0 Å². The van der Waals surface area contributed by atoms with E-state index in [9.17, 15) is 15.4 Å². The van der Waals surface area contributed by atoms with Crippen LogP contribution in [0.1, 0.15) is 17.0 Å². The first-order valence-corrected chi connectivity index (χ1v) is 6.61. The van der Waals surface area contributed by atoms with E-state index in [-0.39, 0.29) is 17.1 Å². The fourth-order valence-electron chi connectivity index (χ4n) is 1.96. The number of nitro groups is 1. The Bertz CT molecular complexity index is 1010. The number of non-ortho nitro benzene ring substituents is 1. The molecule has 0 bridgehead atoms. The van der Waals surface area contributed by atoms with E-state index in [0.717, 1.165) is 0 Å². The van der Waals surface area contributed by atoms with Gasteiger partial charge in [0.25, 0.3) is 5.69 Å². The topological polar surface area (TPSA) is 92.7 Å². The van der Waals surface area contributed by atoms with E-state index in [1.807, 2.05) is 18.2 Å². The Balaban J connectivity index is 2.01. The third-order valence-corrected chi connectivity index (χ3v) is 3.08. The first kappa shape index (κ1) is 14.2. The summed E-state index contributed by atoms with van der Waals surface area (Å²) in [6.07, 6.45) is 0. The number of nitriles is 1. The fourth-order valence-corrected chi connectivity index (χ4v) is 1.96. The van der Waals surface area contributed by atoms with Gasteiger partial charge in [0.05, 0.1) is 16.0 Å². The quantitative estimate of drug-likeness (QED) is 0.391. The molecule has 0 unspecified atom stereocenters. The molecule has 0 N–H and O–H groups in total. The van der Waals surface area contributed by atoms with Gasteiger partial charge in [-0.1, -0.05) is 18.1 Å². The van der Waals surface area contributed by atoms with Crippen LogP contribution in [0.3, 0.4) is 0 Å². The molecule has 0 atom stereocenters. The molecule has 0 aliphatic carbocycles. The zero-order valence-electron chi connectivity index (χ0n) is 11.7. The van der Waals surface area contributed by atoms with E-state index < -0.39 is 4.92 Å². The highest BCUT2D eigenvalue weighted by Crippen LogP contribution is 2.13. The van der Waals surface area contributed by atoms with Gasteiger partial charge in [0.15, 0.2) is 11.4 Å². The third-order valence-electron chi connectivity index (χ3n) is 3.08. The Morgan fingerprint density at radius 3 is 2.09 bits per heavy atom. The highest BCUT2D eigenvalue weighted by molar-refractivity contribution is 5.75. The number of fused-ring (bicyclic) bond motifs is 1. The van der Waals surface area contributed by atoms with Gasteiger partial charge >= 0.3 is 0 Å². The summed E-state index contributed by atoms with van der Waals surface area (Å²) in [5, 5.41) is 19.8. The molecule has 6 heteroatoms. The predicted octanol–water partition coefficient (Wildman–Crippen LogP) is 2.81. The molecule has 23 heavy (non-hydrogen) atoms. The molecule has 0 saturated heterocycles. The zero-order chi connectivity index (χ0) is 16.2. The number of aromatic nitrogens is 2. The first-order valence-electron chi connectivity index (χ1n) is 6.61. The Kier molecular flexibility index (Phi) is 3.65. The van der Waals surface area contributed by atoms with E-state index in [1.165, 1.54) is 12.1 Å². The summed E-state index contributed by atoms with van der Waals surface area (Å²) in [7, 11) is 0. The molecule has 0 amide bonds. The van der Waals surface area contributed by atoms with E-state index in [1.54, 1.807) is 24.3 Å². The fraction of sp³-hybridized carbons (Fsp3) is 0. The minimum absolute atomic E-state index is 0.00115. The summed E-state index contributed by atoms with van der Waals surface area (Å²) in [6.45, 7) is 0. The average Bonchev–Trinajstić information content (AvgIpc) is 2.59. The molecule has 3 aromatic rings. The zero-order valence-corrected chi connectivity index (χ0v) is 11.7. The normalized spacial score (nSPS) is 9.70. The summed E-state index contributed by atoms with van der Waals surface area (Å²) < 4.78 is 0. The van der Waals surface area contributed by atoms with Crippen LogP contribution in [0.4, 0.5) is 5.69 Å². The molecule has 3 rings (SSSR count). The monoisotopic (exact) mass is 300 g/mol. The largest absolute Gasteiger partial charge is 0.269 e. The molecular weight excluding hydrogens is 292 g/mol. The van der Waals surface area contributed by atoms with Crippen LogP contribution in [0, 0.1) is 33.3 Å². The lowest BCUT2D eigenvalue weighted by Crippen LogP contribution is -1.95. The van der Waals surface area contributed by atoms with Crippen molar-refractivity contribution in [1.82, 2.24) is 9.97 Å². The lowest BCUT2D eigenvalue weighted by molar-refractivity contribution is -0.384. The van der Waals surface area contributed by atoms with Gasteiger partial charge in [-0.15, -0.1) is 0 Å². The molecule has 2 aromatic carbocycles. The molecule has 1 heterocycles. The van der Waals surface area contributed by atoms with Crippen molar-refractivity contribution in [3.8, 4) is 17.9 Å². The number of rotatable bonds is 1. The lowest BCUT2D eigenvalue weighted by Gasteiger charge is -1.98. The minimum atomic E-state index is -0.472. The van der Waals surface area contributed by atoms with Gasteiger partial charge in [-0.2, -0.15) is 5.26 Å². The molecule has 0 aliphatic rings. The standard InChI is InChI=1S/C17H8N4O2/c18-11-17-16(19-14-3-1-2-4-15(14)20-17)10-7-12-5-8-13(9-6-12)21(22)23/h1-6,8-9H. The van der Waals surface area contributed by atoms with Crippen molar-refractivity contribution in [3.63, 3.8) is 0 Å². The number of nitro benzene ring substituents is 1. The Labute approximate surface area is 131 Å². The summed E-state index contributed by atoms with van der Waals surface area (Å²) in [5.74, 6) is 5.65. The van der Waals surface area contributed by atoms with Gasteiger partial charge in [0, 0.05) is 17.7 Å². The van der Waals surface area contributed by atoms with E-state index in [4.69, 9.17) is 0 Å². The van der Waals surface area contributed by atoms with Gasteiger partial charge in [-0.05, 0) is 30.2 Å². The van der Waals surface area contributed by atoms with Crippen molar-refractivity contribution in [2.75, 3.05) is 0 Å². The summed E-state index contributed by atoms with van der Waals surface area (Å²) in [6, 6.07) is 15.0. The molecule has 108 valence electrons. The van der Waals surface area contributed by atoms with Crippen LogP contribution in [0.5, 0.6) is 0 Å². The van der Waals surface area contributed by atoms with Crippen LogP contribution in [0.2, 0.25) is 0 Å². The van der Waals surface area contributed by atoms with Crippen LogP contribution in [-0.2, 0) is 0 Å². The van der Waals surface area contributed by atoms with Crippen LogP contribution in [0.15, 0.2) is 48.5 Å².